The molecule has 0 bridgehead atoms. The summed E-state index contributed by atoms with van der Waals surface area (Å²) in [6.45, 7) is 0. The van der Waals surface area contributed by atoms with Gasteiger partial charge in [0.25, 0.3) is 11.8 Å². The Morgan fingerprint density at radius 2 is 1.92 bits per heavy atom. The van der Waals surface area contributed by atoms with Crippen molar-refractivity contribution in [3.8, 4) is 6.07 Å². The number of hydrogen-bond acceptors (Lipinski definition) is 3. The van der Waals surface area contributed by atoms with Gasteiger partial charge in [0.15, 0.2) is 0 Å². The smallest absolute Gasteiger partial charge is 0.267 e. The van der Waals surface area contributed by atoms with Crippen molar-refractivity contribution in [1.29, 1.82) is 5.26 Å². The highest BCUT2D eigenvalue weighted by atomic mass is 79.9. The number of carbonyl (C=O) groups excluding carboxylic acids is 2. The Balaban J connectivity index is 2.06. The molecule has 1 heterocycles. The molecular formula is C18H11BrClN3O2. The number of rotatable bonds is 2. The van der Waals surface area contributed by atoms with Gasteiger partial charge in [-0.25, -0.2) is 0 Å². The Hall–Kier alpha value is -2.62. The van der Waals surface area contributed by atoms with E-state index in [1.54, 1.807) is 49.5 Å². The molecule has 0 radical (unpaired) electrons. The van der Waals surface area contributed by atoms with Gasteiger partial charge in [-0.2, -0.15) is 5.26 Å². The highest BCUT2D eigenvalue weighted by Crippen LogP contribution is 2.39. The van der Waals surface area contributed by atoms with Crippen LogP contribution in [0.25, 0.3) is 5.57 Å². The quantitative estimate of drug-likeness (QED) is 0.594. The van der Waals surface area contributed by atoms with Crippen molar-refractivity contribution < 1.29 is 9.59 Å². The fourth-order valence-corrected chi connectivity index (χ4v) is 3.07. The van der Waals surface area contributed by atoms with E-state index in [1.165, 1.54) is 4.90 Å². The maximum atomic E-state index is 12.6. The fourth-order valence-electron chi connectivity index (χ4n) is 2.58. The Bertz CT molecular complexity index is 961. The Morgan fingerprint density at radius 1 is 1.24 bits per heavy atom. The van der Waals surface area contributed by atoms with E-state index in [9.17, 15) is 14.9 Å². The van der Waals surface area contributed by atoms with Crippen molar-refractivity contribution in [3.63, 3.8) is 0 Å². The summed E-state index contributed by atoms with van der Waals surface area (Å²) in [6.07, 6.45) is 0. The van der Waals surface area contributed by atoms with Gasteiger partial charge in [-0.1, -0.05) is 27.5 Å². The van der Waals surface area contributed by atoms with Gasteiger partial charge >= 0.3 is 0 Å². The van der Waals surface area contributed by atoms with Crippen LogP contribution in [0.2, 0.25) is 5.02 Å². The van der Waals surface area contributed by atoms with Gasteiger partial charge in [0.05, 0.1) is 11.3 Å². The van der Waals surface area contributed by atoms with E-state index in [1.807, 2.05) is 6.07 Å². The predicted molar refractivity (Wildman–Crippen MR) is 100 cm³/mol. The number of nitriles is 1. The van der Waals surface area contributed by atoms with Crippen LogP contribution in [-0.4, -0.2) is 18.9 Å². The SMILES string of the molecule is CN1C(=O)/C(=C(/C#N)C(=O)Nc2ccc(Cl)cc2)c2cc(Br)ccc21. The lowest BCUT2D eigenvalue weighted by atomic mass is 10.0. The number of halogens is 2. The molecule has 1 aliphatic heterocycles. The first-order valence-corrected chi connectivity index (χ1v) is 8.38. The van der Waals surface area contributed by atoms with Gasteiger partial charge in [0.1, 0.15) is 11.6 Å². The minimum absolute atomic E-state index is 0.0905. The van der Waals surface area contributed by atoms with E-state index in [0.29, 0.717) is 22.0 Å². The maximum absolute atomic E-state index is 12.6. The molecule has 124 valence electrons. The zero-order valence-electron chi connectivity index (χ0n) is 13.0. The number of fused-ring (bicyclic) bond motifs is 1. The average Bonchev–Trinajstić information content (AvgIpc) is 2.82. The zero-order valence-corrected chi connectivity index (χ0v) is 15.4. The van der Waals surface area contributed by atoms with Crippen molar-refractivity contribution in [3.05, 3.63) is 63.1 Å². The van der Waals surface area contributed by atoms with Crippen molar-refractivity contribution in [2.24, 2.45) is 0 Å². The molecule has 0 aromatic heterocycles. The second-order valence-corrected chi connectivity index (χ2v) is 6.70. The zero-order chi connectivity index (χ0) is 18.1. The molecule has 1 aliphatic rings. The second-order valence-electron chi connectivity index (χ2n) is 5.35. The highest BCUT2D eigenvalue weighted by Gasteiger charge is 2.34. The summed E-state index contributed by atoms with van der Waals surface area (Å²) in [6, 6.07) is 13.6. The van der Waals surface area contributed by atoms with Crippen LogP contribution in [-0.2, 0) is 9.59 Å². The molecule has 1 N–H and O–H groups in total. The monoisotopic (exact) mass is 415 g/mol. The lowest BCUT2D eigenvalue weighted by Crippen LogP contribution is -2.23. The third kappa shape index (κ3) is 3.16. The molecule has 2 amide bonds. The summed E-state index contributed by atoms with van der Waals surface area (Å²) < 4.78 is 0.752. The van der Waals surface area contributed by atoms with Gasteiger partial charge in [0, 0.05) is 27.8 Å². The van der Waals surface area contributed by atoms with Crippen LogP contribution in [0.3, 0.4) is 0 Å². The lowest BCUT2D eigenvalue weighted by molar-refractivity contribution is -0.114. The average molecular weight is 417 g/mol. The molecule has 5 nitrogen and oxygen atoms in total. The molecule has 0 aliphatic carbocycles. The topological polar surface area (TPSA) is 73.2 Å². The van der Waals surface area contributed by atoms with Crippen LogP contribution < -0.4 is 10.2 Å². The van der Waals surface area contributed by atoms with Crippen molar-refractivity contribution >= 4 is 56.3 Å². The lowest BCUT2D eigenvalue weighted by Gasteiger charge is -2.08. The third-order valence-electron chi connectivity index (χ3n) is 3.80. The molecule has 0 unspecified atom stereocenters. The van der Waals surface area contributed by atoms with Crippen LogP contribution in [0.1, 0.15) is 5.56 Å². The van der Waals surface area contributed by atoms with Gasteiger partial charge < -0.3 is 10.2 Å². The van der Waals surface area contributed by atoms with Crippen LogP contribution in [0.15, 0.2) is 52.5 Å². The number of amides is 2. The molecule has 2 aromatic carbocycles. The van der Waals surface area contributed by atoms with Crippen LogP contribution in [0.4, 0.5) is 11.4 Å². The number of carbonyl (C=O) groups is 2. The molecule has 0 spiro atoms. The first-order chi connectivity index (χ1) is 11.9. The molecule has 7 heteroatoms. The summed E-state index contributed by atoms with van der Waals surface area (Å²) in [5.41, 5.74) is 1.53. The summed E-state index contributed by atoms with van der Waals surface area (Å²) in [7, 11) is 1.61. The van der Waals surface area contributed by atoms with Crippen molar-refractivity contribution in [2.75, 3.05) is 17.3 Å². The Morgan fingerprint density at radius 3 is 2.56 bits per heavy atom. The normalized spacial score (nSPS) is 14.8. The standard InChI is InChI=1S/C18H11BrClN3O2/c1-23-15-7-2-10(19)8-13(15)16(18(23)25)14(9-21)17(24)22-12-5-3-11(20)4-6-12/h2-8H,1H3,(H,22,24)/b16-14-. The fraction of sp³-hybridized carbons (Fsp3) is 0.0556. The van der Waals surface area contributed by atoms with Gasteiger partial charge in [0.2, 0.25) is 0 Å². The summed E-state index contributed by atoms with van der Waals surface area (Å²) in [5.74, 6) is -1.04. The molecule has 25 heavy (non-hydrogen) atoms. The van der Waals surface area contributed by atoms with Crippen molar-refractivity contribution in [2.45, 2.75) is 0 Å². The van der Waals surface area contributed by atoms with Crippen LogP contribution in [0.5, 0.6) is 0 Å². The largest absolute Gasteiger partial charge is 0.321 e. The third-order valence-corrected chi connectivity index (χ3v) is 4.54. The second kappa shape index (κ2) is 6.71. The Kier molecular flexibility index (Phi) is 4.62. The number of nitrogens with one attached hydrogen (secondary N) is 1. The molecule has 0 saturated heterocycles. The molecule has 2 aromatic rings. The van der Waals surface area contributed by atoms with Gasteiger partial charge in [-0.05, 0) is 42.5 Å². The molecule has 0 saturated carbocycles. The number of hydrogen-bond donors (Lipinski definition) is 1. The molecule has 0 fully saturated rings. The van der Waals surface area contributed by atoms with E-state index in [-0.39, 0.29) is 11.1 Å². The predicted octanol–water partition coefficient (Wildman–Crippen LogP) is 3.99. The van der Waals surface area contributed by atoms with Crippen LogP contribution >= 0.6 is 27.5 Å². The molecule has 0 atom stereocenters. The molecule has 3 rings (SSSR count). The maximum Gasteiger partial charge on any atom is 0.267 e. The minimum atomic E-state index is -0.644. The summed E-state index contributed by atoms with van der Waals surface area (Å²) in [5, 5.41) is 12.7. The Labute approximate surface area is 157 Å². The molecular weight excluding hydrogens is 406 g/mol. The van der Waals surface area contributed by atoms with E-state index < -0.39 is 11.8 Å². The first kappa shape index (κ1) is 17.2. The van der Waals surface area contributed by atoms with E-state index >= 15 is 0 Å². The van der Waals surface area contributed by atoms with Crippen LogP contribution in [0, 0.1) is 11.3 Å². The van der Waals surface area contributed by atoms with E-state index in [0.717, 1.165) is 4.47 Å². The highest BCUT2D eigenvalue weighted by molar-refractivity contribution is 9.10. The van der Waals surface area contributed by atoms with Gasteiger partial charge in [-0.15, -0.1) is 0 Å². The number of benzene rings is 2. The number of anilines is 2. The van der Waals surface area contributed by atoms with Gasteiger partial charge in [-0.3, -0.25) is 9.59 Å². The number of nitrogens with zero attached hydrogens (tertiary/aromatic N) is 2. The van der Waals surface area contributed by atoms with E-state index in [4.69, 9.17) is 11.6 Å². The summed E-state index contributed by atoms with van der Waals surface area (Å²) in [4.78, 5) is 26.6. The minimum Gasteiger partial charge on any atom is -0.321 e. The summed E-state index contributed by atoms with van der Waals surface area (Å²) >= 11 is 9.17. The first-order valence-electron chi connectivity index (χ1n) is 7.21. The van der Waals surface area contributed by atoms with E-state index in [2.05, 4.69) is 21.2 Å². The van der Waals surface area contributed by atoms with Crippen molar-refractivity contribution in [1.82, 2.24) is 0 Å². The number of likely N-dealkylation sites (N-methyl/N-ethyl adjacent to an activating group) is 1.